The number of phosphoric acid groups is 1. The van der Waals surface area contributed by atoms with Crippen molar-refractivity contribution in [2.24, 2.45) is 0 Å². The Morgan fingerprint density at radius 3 is 1.41 bits per heavy atom. The van der Waals surface area contributed by atoms with Crippen molar-refractivity contribution in [1.29, 1.82) is 0 Å². The molecule has 328 valence electrons. The van der Waals surface area contributed by atoms with Crippen LogP contribution in [0.5, 0.6) is 0 Å². The van der Waals surface area contributed by atoms with Gasteiger partial charge in [-0.15, -0.1) is 0 Å². The van der Waals surface area contributed by atoms with Crippen LogP contribution in [-0.4, -0.2) is 98.3 Å². The van der Waals surface area contributed by atoms with Gasteiger partial charge in [0.05, 0.1) is 6.61 Å². The maximum Gasteiger partial charge on any atom is 0.472 e. The third-order valence-corrected chi connectivity index (χ3v) is 11.0. The smallest absolute Gasteiger partial charge is 0.462 e. The Bertz CT molecular complexity index is 1090. The zero-order valence-electron chi connectivity index (χ0n) is 34.4. The number of allylic oxidation sites excluding steroid dienone is 4. The van der Waals surface area contributed by atoms with E-state index in [2.05, 4.69) is 38.2 Å². The molecule has 0 aromatic carbocycles. The fourth-order valence-corrected chi connectivity index (χ4v) is 7.41. The standard InChI is InChI=1S/C42H77O13P/c1-3-5-7-9-11-13-15-16-17-18-19-21-22-24-26-28-30-35(43)52-32-34(54-36(44)31-29-27-25-23-20-14-12-10-8-6-4-2)33-53-56(50,51)55-42-40(48)38(46)37(45)39(47)41(42)49/h10,12,17-18,34,37-42,45-49H,3-9,11,13-16,19-33H2,1-2H3,(H,50,51)/b12-10-,18-17-/t34-,37?,38-,39?,40?,41?,42?/m1/s1. The van der Waals surface area contributed by atoms with Crippen LogP contribution in [0, 0.1) is 0 Å². The minimum atomic E-state index is -5.11. The number of hydrogen-bond acceptors (Lipinski definition) is 12. The molecule has 0 amide bonds. The van der Waals surface area contributed by atoms with Gasteiger partial charge in [0, 0.05) is 12.8 Å². The van der Waals surface area contributed by atoms with Crippen LogP contribution in [-0.2, 0) is 32.7 Å². The van der Waals surface area contributed by atoms with Crippen molar-refractivity contribution in [2.45, 2.75) is 217 Å². The Balaban J connectivity index is 2.48. The van der Waals surface area contributed by atoms with Gasteiger partial charge in [-0.05, 0) is 57.8 Å². The zero-order chi connectivity index (χ0) is 41.4. The highest BCUT2D eigenvalue weighted by Gasteiger charge is 2.51. The van der Waals surface area contributed by atoms with Crippen molar-refractivity contribution in [3.05, 3.63) is 24.3 Å². The van der Waals surface area contributed by atoms with Crippen LogP contribution in [0.1, 0.15) is 174 Å². The molecule has 13 nitrogen and oxygen atoms in total. The molecule has 0 radical (unpaired) electrons. The van der Waals surface area contributed by atoms with Crippen molar-refractivity contribution in [3.63, 3.8) is 0 Å². The van der Waals surface area contributed by atoms with Gasteiger partial charge in [0.1, 0.15) is 43.2 Å². The predicted octanol–water partition coefficient (Wildman–Crippen LogP) is 7.67. The minimum Gasteiger partial charge on any atom is -0.462 e. The van der Waals surface area contributed by atoms with E-state index in [0.29, 0.717) is 12.8 Å². The normalized spacial score (nSPS) is 23.1. The topological polar surface area (TPSA) is 210 Å². The summed E-state index contributed by atoms with van der Waals surface area (Å²) < 4.78 is 33.4. The number of aliphatic hydroxyl groups excluding tert-OH is 5. The highest BCUT2D eigenvalue weighted by atomic mass is 31.2. The molecular weight excluding hydrogens is 743 g/mol. The summed E-state index contributed by atoms with van der Waals surface area (Å²) in [6, 6.07) is 0. The van der Waals surface area contributed by atoms with Crippen molar-refractivity contribution < 1.29 is 63.1 Å². The number of hydrogen-bond donors (Lipinski definition) is 6. The molecule has 14 heteroatoms. The lowest BCUT2D eigenvalue weighted by Crippen LogP contribution is -2.64. The van der Waals surface area contributed by atoms with Crippen LogP contribution in [0.15, 0.2) is 24.3 Å². The van der Waals surface area contributed by atoms with E-state index in [1.54, 1.807) is 0 Å². The lowest BCUT2D eigenvalue weighted by atomic mass is 9.85. The fraction of sp³-hybridized carbons (Fsp3) is 0.857. The molecule has 1 aliphatic rings. The van der Waals surface area contributed by atoms with Gasteiger partial charge < -0.3 is 39.9 Å². The molecule has 0 aromatic rings. The van der Waals surface area contributed by atoms with Gasteiger partial charge in [0.25, 0.3) is 0 Å². The lowest BCUT2D eigenvalue weighted by molar-refractivity contribution is -0.220. The molecule has 1 saturated carbocycles. The average Bonchev–Trinajstić information content (AvgIpc) is 3.18. The number of unbranched alkanes of at least 4 members (excludes halogenated alkanes) is 19. The highest BCUT2D eigenvalue weighted by Crippen LogP contribution is 2.47. The van der Waals surface area contributed by atoms with E-state index in [0.717, 1.165) is 77.0 Å². The lowest BCUT2D eigenvalue weighted by Gasteiger charge is -2.41. The Labute approximate surface area is 336 Å². The number of phosphoric ester groups is 1. The number of esters is 2. The first-order valence-corrected chi connectivity index (χ1v) is 23.1. The molecule has 0 saturated heterocycles. The fourth-order valence-electron chi connectivity index (χ4n) is 6.44. The van der Waals surface area contributed by atoms with E-state index in [9.17, 15) is 44.6 Å². The number of aliphatic hydroxyl groups is 5. The van der Waals surface area contributed by atoms with Crippen molar-refractivity contribution in [1.82, 2.24) is 0 Å². The Kier molecular flexibility index (Phi) is 31.0. The second kappa shape index (κ2) is 33.2. The van der Waals surface area contributed by atoms with E-state index in [4.69, 9.17) is 18.5 Å². The molecule has 1 aliphatic carbocycles. The van der Waals surface area contributed by atoms with Gasteiger partial charge in [-0.3, -0.25) is 18.6 Å². The van der Waals surface area contributed by atoms with Crippen LogP contribution in [0.3, 0.4) is 0 Å². The molecule has 8 atom stereocenters. The molecular formula is C42H77O13P. The van der Waals surface area contributed by atoms with Crippen molar-refractivity contribution in [2.75, 3.05) is 13.2 Å². The quantitative estimate of drug-likeness (QED) is 0.0157. The van der Waals surface area contributed by atoms with Gasteiger partial charge in [0.2, 0.25) is 0 Å². The van der Waals surface area contributed by atoms with Crippen molar-refractivity contribution >= 4 is 19.8 Å². The summed E-state index contributed by atoms with van der Waals surface area (Å²) in [6.07, 6.45) is 21.0. The van der Waals surface area contributed by atoms with Crippen LogP contribution in [0.4, 0.5) is 0 Å². The summed E-state index contributed by atoms with van der Waals surface area (Å²) >= 11 is 0. The summed E-state index contributed by atoms with van der Waals surface area (Å²) in [5.41, 5.74) is 0. The van der Waals surface area contributed by atoms with Gasteiger partial charge in [0.15, 0.2) is 6.10 Å². The average molecular weight is 821 g/mol. The van der Waals surface area contributed by atoms with Gasteiger partial charge in [-0.1, -0.05) is 128 Å². The first-order valence-electron chi connectivity index (χ1n) is 21.6. The van der Waals surface area contributed by atoms with E-state index in [1.165, 1.54) is 57.8 Å². The third-order valence-electron chi connectivity index (χ3n) is 10.0. The molecule has 0 bridgehead atoms. The molecule has 1 rings (SSSR count). The van der Waals surface area contributed by atoms with Crippen LogP contribution in [0.25, 0.3) is 0 Å². The van der Waals surface area contributed by atoms with Crippen LogP contribution >= 0.6 is 7.82 Å². The summed E-state index contributed by atoms with van der Waals surface area (Å²) in [4.78, 5) is 35.5. The number of ether oxygens (including phenoxy) is 2. The number of rotatable bonds is 35. The molecule has 6 N–H and O–H groups in total. The largest absolute Gasteiger partial charge is 0.472 e. The van der Waals surface area contributed by atoms with E-state index in [-0.39, 0.29) is 12.8 Å². The molecule has 0 aliphatic heterocycles. The molecule has 1 fully saturated rings. The maximum absolute atomic E-state index is 12.8. The van der Waals surface area contributed by atoms with Gasteiger partial charge in [-0.2, -0.15) is 0 Å². The number of carbonyl (C=O) groups excluding carboxylic acids is 2. The monoisotopic (exact) mass is 821 g/mol. The summed E-state index contributed by atoms with van der Waals surface area (Å²) in [6.45, 7) is 3.22. The Morgan fingerprint density at radius 1 is 0.536 bits per heavy atom. The van der Waals surface area contributed by atoms with E-state index >= 15 is 0 Å². The molecule has 0 aromatic heterocycles. The molecule has 6 unspecified atom stereocenters. The second-order valence-electron chi connectivity index (χ2n) is 15.2. The third kappa shape index (κ3) is 25.6. The van der Waals surface area contributed by atoms with Gasteiger partial charge >= 0.3 is 19.8 Å². The Hall–Kier alpha value is -1.67. The molecule has 0 spiro atoms. The minimum absolute atomic E-state index is 0.0855. The first-order chi connectivity index (χ1) is 26.9. The summed E-state index contributed by atoms with van der Waals surface area (Å²) in [7, 11) is -5.11. The first kappa shape index (κ1) is 52.3. The van der Waals surface area contributed by atoms with Crippen LogP contribution < -0.4 is 0 Å². The van der Waals surface area contributed by atoms with Crippen LogP contribution in [0.2, 0.25) is 0 Å². The number of carbonyl (C=O) groups is 2. The molecule has 56 heavy (non-hydrogen) atoms. The van der Waals surface area contributed by atoms with E-state index in [1.807, 2.05) is 0 Å². The van der Waals surface area contributed by atoms with Gasteiger partial charge in [-0.25, -0.2) is 4.57 Å². The van der Waals surface area contributed by atoms with E-state index < -0.39 is 75.7 Å². The predicted molar refractivity (Wildman–Crippen MR) is 217 cm³/mol. The molecule has 0 heterocycles. The summed E-state index contributed by atoms with van der Waals surface area (Å²) in [5, 5.41) is 50.0. The second-order valence-corrected chi connectivity index (χ2v) is 16.6. The zero-order valence-corrected chi connectivity index (χ0v) is 35.3. The SMILES string of the molecule is CCCC/C=C\CCCCCCCC(=O)O[C@H](COC(=O)CCCCCCC/C=C\CCCCCCCCC)COP(=O)(O)OC1C(O)C(O)C(O)[C@@H](O)C1O. The Morgan fingerprint density at radius 2 is 0.929 bits per heavy atom. The summed E-state index contributed by atoms with van der Waals surface area (Å²) in [5.74, 6) is -1.12. The van der Waals surface area contributed by atoms with Crippen molar-refractivity contribution in [3.8, 4) is 0 Å². The highest BCUT2D eigenvalue weighted by molar-refractivity contribution is 7.47. The maximum atomic E-state index is 12.8.